The summed E-state index contributed by atoms with van der Waals surface area (Å²) in [5.41, 5.74) is 0.0479. The number of aldehydes is 1. The number of halogens is 2. The molecule has 0 spiro atoms. The Morgan fingerprint density at radius 1 is 1.18 bits per heavy atom. The zero-order valence-electron chi connectivity index (χ0n) is 22.5. The molecule has 4 atom stereocenters. The van der Waals surface area contributed by atoms with Crippen molar-refractivity contribution in [1.82, 2.24) is 4.90 Å². The summed E-state index contributed by atoms with van der Waals surface area (Å²) in [6, 6.07) is 9.64. The summed E-state index contributed by atoms with van der Waals surface area (Å²) in [6.07, 6.45) is 4.57. The highest BCUT2D eigenvalue weighted by molar-refractivity contribution is 5.67. The number of rotatable bonds is 10. The Morgan fingerprint density at radius 2 is 1.89 bits per heavy atom. The van der Waals surface area contributed by atoms with Gasteiger partial charge in [-0.25, -0.2) is 13.6 Å². The molecule has 38 heavy (non-hydrogen) atoms. The van der Waals surface area contributed by atoms with Crippen molar-refractivity contribution in [2.24, 2.45) is 17.8 Å². The monoisotopic (exact) mass is 531 g/mol. The highest BCUT2D eigenvalue weighted by atomic mass is 19.2. The zero-order valence-corrected chi connectivity index (χ0v) is 22.5. The number of hydrogen-bond donors (Lipinski definition) is 0. The van der Waals surface area contributed by atoms with E-state index in [1.54, 1.807) is 25.7 Å². The average Bonchev–Trinajstić information content (AvgIpc) is 3.65. The molecule has 1 saturated heterocycles. The van der Waals surface area contributed by atoms with Gasteiger partial charge in [-0.15, -0.1) is 0 Å². The molecule has 208 valence electrons. The lowest BCUT2D eigenvalue weighted by Crippen LogP contribution is -2.49. The van der Waals surface area contributed by atoms with Crippen molar-refractivity contribution in [1.29, 1.82) is 0 Å². The Hall–Kier alpha value is -2.58. The molecule has 4 rings (SSSR count). The first kappa shape index (κ1) is 28.4. The lowest BCUT2D eigenvalue weighted by molar-refractivity contribution is -0.232. The fourth-order valence-corrected chi connectivity index (χ4v) is 5.61. The van der Waals surface area contributed by atoms with Gasteiger partial charge in [0, 0.05) is 31.7 Å². The van der Waals surface area contributed by atoms with Crippen molar-refractivity contribution in [2.75, 3.05) is 19.7 Å². The van der Waals surface area contributed by atoms with E-state index < -0.39 is 23.4 Å². The molecule has 1 saturated carbocycles. The molecule has 1 amide bonds. The Bertz CT molecular complexity index is 1030. The van der Waals surface area contributed by atoms with Gasteiger partial charge in [-0.1, -0.05) is 30.3 Å². The molecular weight excluding hydrogens is 492 g/mol. The first-order valence-corrected chi connectivity index (χ1v) is 13.6. The van der Waals surface area contributed by atoms with Crippen LogP contribution < -0.4 is 0 Å². The maximum Gasteiger partial charge on any atom is 0.410 e. The third-order valence-electron chi connectivity index (χ3n) is 7.56. The van der Waals surface area contributed by atoms with Crippen LogP contribution in [0.3, 0.4) is 0 Å². The highest BCUT2D eigenvalue weighted by Gasteiger charge is 2.49. The number of alkyl halides is 1. The first-order valence-electron chi connectivity index (χ1n) is 13.6. The van der Waals surface area contributed by atoms with Gasteiger partial charge in [0.1, 0.15) is 24.8 Å². The first-order chi connectivity index (χ1) is 18.1. The van der Waals surface area contributed by atoms with Crippen LogP contribution in [0.5, 0.6) is 0 Å². The minimum Gasteiger partial charge on any atom is -0.445 e. The number of carbonyl (C=O) groups is 2. The van der Waals surface area contributed by atoms with E-state index in [9.17, 15) is 14.0 Å². The van der Waals surface area contributed by atoms with Crippen LogP contribution in [0.4, 0.5) is 13.6 Å². The number of hydrogen-bond acceptors (Lipinski definition) is 5. The van der Waals surface area contributed by atoms with Gasteiger partial charge in [0.15, 0.2) is 0 Å². The summed E-state index contributed by atoms with van der Waals surface area (Å²) in [6.45, 7) is 7.05. The van der Waals surface area contributed by atoms with E-state index in [2.05, 4.69) is 0 Å². The quantitative estimate of drug-likeness (QED) is 0.331. The van der Waals surface area contributed by atoms with Crippen LogP contribution in [0.1, 0.15) is 58.4 Å². The number of amides is 1. The van der Waals surface area contributed by atoms with E-state index in [0.717, 1.165) is 43.4 Å². The molecule has 6 nitrogen and oxygen atoms in total. The summed E-state index contributed by atoms with van der Waals surface area (Å²) in [5, 5.41) is 0. The number of benzene rings is 1. The smallest absolute Gasteiger partial charge is 0.410 e. The lowest BCUT2D eigenvalue weighted by atomic mass is 9.90. The van der Waals surface area contributed by atoms with Gasteiger partial charge >= 0.3 is 6.09 Å². The minimum absolute atomic E-state index is 0.0641. The van der Waals surface area contributed by atoms with Crippen LogP contribution in [0, 0.1) is 17.8 Å². The van der Waals surface area contributed by atoms with E-state index in [4.69, 9.17) is 14.2 Å². The number of nitrogens with zero attached hydrogens (tertiary/aromatic N) is 1. The molecule has 1 aliphatic heterocycles. The second-order valence-electron chi connectivity index (χ2n) is 11.6. The third-order valence-corrected chi connectivity index (χ3v) is 7.56. The predicted molar refractivity (Wildman–Crippen MR) is 140 cm³/mol. The number of piperidine rings is 1. The van der Waals surface area contributed by atoms with E-state index in [0.29, 0.717) is 37.1 Å². The molecule has 0 N–H and O–H groups in total. The predicted octanol–water partition coefficient (Wildman–Crippen LogP) is 6.31. The van der Waals surface area contributed by atoms with Gasteiger partial charge in [0.05, 0.1) is 5.60 Å². The average molecular weight is 532 g/mol. The zero-order chi connectivity index (χ0) is 27.3. The van der Waals surface area contributed by atoms with E-state index in [1.807, 2.05) is 30.3 Å². The molecule has 1 heterocycles. The fourth-order valence-electron chi connectivity index (χ4n) is 5.61. The Balaban J connectivity index is 1.21. The van der Waals surface area contributed by atoms with Gasteiger partial charge in [-0.05, 0) is 81.9 Å². The van der Waals surface area contributed by atoms with Crippen molar-refractivity contribution in [3.63, 3.8) is 0 Å². The molecule has 0 radical (unpaired) electrons. The Morgan fingerprint density at radius 3 is 2.55 bits per heavy atom. The molecule has 1 aromatic carbocycles. The van der Waals surface area contributed by atoms with Crippen molar-refractivity contribution in [2.45, 2.75) is 77.0 Å². The van der Waals surface area contributed by atoms with Crippen molar-refractivity contribution < 1.29 is 32.6 Å². The molecule has 8 heteroatoms. The summed E-state index contributed by atoms with van der Waals surface area (Å²) >= 11 is 0. The molecule has 2 fully saturated rings. The molecule has 2 unspecified atom stereocenters. The Kier molecular flexibility index (Phi) is 9.04. The van der Waals surface area contributed by atoms with Crippen LogP contribution in [0.2, 0.25) is 0 Å². The van der Waals surface area contributed by atoms with Crippen LogP contribution in [-0.4, -0.2) is 54.5 Å². The minimum atomic E-state index is -2.40. The molecule has 0 bridgehead atoms. The summed E-state index contributed by atoms with van der Waals surface area (Å²) in [4.78, 5) is 25.3. The topological polar surface area (TPSA) is 65.1 Å². The van der Waals surface area contributed by atoms with E-state index in [-0.39, 0.29) is 31.3 Å². The summed E-state index contributed by atoms with van der Waals surface area (Å²) in [7, 11) is 0. The lowest BCUT2D eigenvalue weighted by Gasteiger charge is -2.40. The van der Waals surface area contributed by atoms with Crippen molar-refractivity contribution in [3.8, 4) is 0 Å². The van der Waals surface area contributed by atoms with Crippen LogP contribution in [-0.2, 0) is 25.6 Å². The normalized spacial score (nSPS) is 27.9. The largest absolute Gasteiger partial charge is 0.445 e. The van der Waals surface area contributed by atoms with Gasteiger partial charge in [-0.3, -0.25) is 0 Å². The maximum atomic E-state index is 16.1. The van der Waals surface area contributed by atoms with Gasteiger partial charge < -0.3 is 23.9 Å². The second-order valence-corrected chi connectivity index (χ2v) is 11.6. The standard InChI is InChI=1S/C30H39F2NO5/c1-29(2,3)38-30(32)24(11-15-34)18-25(31)19-27(30)36-16-12-23-17-26(23)22-9-13-33(14-10-22)28(35)37-20-21-7-5-4-6-8-21/h4-8,15,18-19,22-23,26-27H,9-14,16-17,20H2,1-3H3/t23-,26-,27?,30?/m1/s1. The van der Waals surface area contributed by atoms with Crippen LogP contribution in [0.15, 0.2) is 53.9 Å². The fraction of sp³-hybridized carbons (Fsp3) is 0.600. The van der Waals surface area contributed by atoms with Crippen molar-refractivity contribution >= 4 is 12.4 Å². The molecule has 3 aliphatic rings. The molecule has 2 aliphatic carbocycles. The number of ether oxygens (including phenoxy) is 3. The molecule has 1 aromatic rings. The van der Waals surface area contributed by atoms with Crippen LogP contribution >= 0.6 is 0 Å². The van der Waals surface area contributed by atoms with E-state index in [1.165, 1.54) is 0 Å². The SMILES string of the molecule is CC(C)(C)OC1(F)C(CC=O)=CC(F)=CC1OCC[C@@H]1C[C@@H]1C1CCN(C(=O)OCc2ccccc2)CC1. The number of likely N-dealkylation sites (tertiary alicyclic amines) is 1. The number of carbonyl (C=O) groups excluding carboxylic acids is 2. The highest BCUT2D eigenvalue weighted by Crippen LogP contribution is 2.50. The van der Waals surface area contributed by atoms with Crippen molar-refractivity contribution in [3.05, 3.63) is 59.4 Å². The maximum absolute atomic E-state index is 16.1. The Labute approximate surface area is 224 Å². The van der Waals surface area contributed by atoms with Gasteiger partial charge in [0.25, 0.3) is 5.85 Å². The second kappa shape index (κ2) is 12.1. The van der Waals surface area contributed by atoms with E-state index >= 15 is 4.39 Å². The summed E-state index contributed by atoms with van der Waals surface area (Å²) < 4.78 is 47.3. The molecule has 0 aromatic heterocycles. The van der Waals surface area contributed by atoms with Gasteiger partial charge in [-0.2, -0.15) is 0 Å². The molecular formula is C30H39F2NO5. The van der Waals surface area contributed by atoms with Crippen LogP contribution in [0.25, 0.3) is 0 Å². The summed E-state index contributed by atoms with van der Waals surface area (Å²) in [5.74, 6) is -1.46. The number of allylic oxidation sites excluding steroid dienone is 2. The third kappa shape index (κ3) is 7.29. The van der Waals surface area contributed by atoms with Gasteiger partial charge in [0.2, 0.25) is 0 Å².